The van der Waals surface area contributed by atoms with Gasteiger partial charge in [0.25, 0.3) is 0 Å². The predicted molar refractivity (Wildman–Crippen MR) is 72.6 cm³/mol. The molecule has 15 heavy (non-hydrogen) atoms. The number of hydrogen-bond acceptors (Lipinski definition) is 3. The minimum absolute atomic E-state index is 0.0955. The second-order valence-electron chi connectivity index (χ2n) is 3.14. The maximum Gasteiger partial charge on any atom is 0.0812 e. The number of nitrogens with one attached hydrogen (secondary N) is 1. The van der Waals surface area contributed by atoms with Gasteiger partial charge in [0.05, 0.1) is 6.04 Å². The molecule has 0 bridgehead atoms. The Hall–Kier alpha value is -0.430. The van der Waals surface area contributed by atoms with Gasteiger partial charge in [-0.15, -0.1) is 11.3 Å². The molecule has 0 amide bonds. The van der Waals surface area contributed by atoms with Gasteiger partial charge in [-0.25, -0.2) is 5.43 Å². The molecule has 0 fully saturated rings. The van der Waals surface area contributed by atoms with Gasteiger partial charge in [-0.2, -0.15) is 0 Å². The first-order chi connectivity index (χ1) is 7.33. The van der Waals surface area contributed by atoms with Crippen molar-refractivity contribution in [3.8, 4) is 0 Å². The van der Waals surface area contributed by atoms with Crippen molar-refractivity contribution in [1.29, 1.82) is 0 Å². The van der Waals surface area contributed by atoms with Crippen LogP contribution >= 0.6 is 33.9 Å². The number of hydrazine groups is 1. The molecule has 4 heteroatoms. The Kier molecular flexibility index (Phi) is 3.74. The third-order valence-corrected chi connectivity index (χ3v) is 4.13. The van der Waals surface area contributed by atoms with Crippen LogP contribution in [0.25, 0.3) is 0 Å². The van der Waals surface area contributed by atoms with E-state index in [0.717, 1.165) is 0 Å². The molecule has 1 atom stereocenters. The van der Waals surface area contributed by atoms with Crippen molar-refractivity contribution >= 4 is 33.9 Å². The molecule has 1 aromatic heterocycles. The lowest BCUT2D eigenvalue weighted by atomic mass is 10.1. The topological polar surface area (TPSA) is 38.0 Å². The average molecular weight is 330 g/mol. The van der Waals surface area contributed by atoms with E-state index >= 15 is 0 Å². The summed E-state index contributed by atoms with van der Waals surface area (Å²) in [4.78, 5) is 1.24. The largest absolute Gasteiger partial charge is 0.271 e. The maximum absolute atomic E-state index is 5.62. The highest BCUT2D eigenvalue weighted by Gasteiger charge is 2.15. The molecule has 0 radical (unpaired) electrons. The first kappa shape index (κ1) is 11.1. The van der Waals surface area contributed by atoms with Crippen molar-refractivity contribution in [2.75, 3.05) is 0 Å². The molecular weight excluding hydrogens is 319 g/mol. The summed E-state index contributed by atoms with van der Waals surface area (Å²) in [5.41, 5.74) is 4.09. The average Bonchev–Trinajstić information content (AvgIpc) is 2.75. The SMILES string of the molecule is NNC(c1cccs1)c1ccccc1I. The summed E-state index contributed by atoms with van der Waals surface area (Å²) in [5.74, 6) is 5.62. The number of rotatable bonds is 3. The van der Waals surface area contributed by atoms with E-state index in [1.54, 1.807) is 11.3 Å². The number of benzene rings is 1. The van der Waals surface area contributed by atoms with Crippen molar-refractivity contribution < 1.29 is 0 Å². The van der Waals surface area contributed by atoms with E-state index in [1.165, 1.54) is 14.0 Å². The van der Waals surface area contributed by atoms with Gasteiger partial charge in [0.2, 0.25) is 0 Å². The summed E-state index contributed by atoms with van der Waals surface area (Å²) < 4.78 is 1.23. The van der Waals surface area contributed by atoms with E-state index in [2.05, 4.69) is 51.6 Å². The zero-order valence-corrected chi connectivity index (χ0v) is 11.0. The van der Waals surface area contributed by atoms with Crippen LogP contribution in [0.4, 0.5) is 0 Å². The number of nitrogens with two attached hydrogens (primary N) is 1. The zero-order valence-electron chi connectivity index (χ0n) is 7.98. The van der Waals surface area contributed by atoms with Gasteiger partial charge in [-0.05, 0) is 45.7 Å². The molecule has 0 aliphatic rings. The second-order valence-corrected chi connectivity index (χ2v) is 5.28. The summed E-state index contributed by atoms with van der Waals surface area (Å²) in [6.07, 6.45) is 0. The van der Waals surface area contributed by atoms with Gasteiger partial charge < -0.3 is 0 Å². The molecule has 0 aliphatic carbocycles. The first-order valence-electron chi connectivity index (χ1n) is 4.57. The lowest BCUT2D eigenvalue weighted by Crippen LogP contribution is -2.28. The molecule has 2 aromatic rings. The van der Waals surface area contributed by atoms with Crippen molar-refractivity contribution in [1.82, 2.24) is 5.43 Å². The highest BCUT2D eigenvalue weighted by atomic mass is 127. The third kappa shape index (κ3) is 2.39. The van der Waals surface area contributed by atoms with E-state index < -0.39 is 0 Å². The van der Waals surface area contributed by atoms with Crippen LogP contribution < -0.4 is 11.3 Å². The zero-order chi connectivity index (χ0) is 10.7. The van der Waals surface area contributed by atoms with Crippen LogP contribution in [-0.4, -0.2) is 0 Å². The summed E-state index contributed by atoms with van der Waals surface area (Å²) >= 11 is 4.05. The molecule has 1 unspecified atom stereocenters. The highest BCUT2D eigenvalue weighted by molar-refractivity contribution is 14.1. The van der Waals surface area contributed by atoms with Crippen molar-refractivity contribution in [3.05, 3.63) is 55.8 Å². The third-order valence-electron chi connectivity index (χ3n) is 2.21. The summed E-state index contributed by atoms with van der Waals surface area (Å²) in [6, 6.07) is 12.5. The van der Waals surface area contributed by atoms with E-state index in [-0.39, 0.29) is 6.04 Å². The molecule has 2 rings (SSSR count). The molecule has 0 saturated carbocycles. The monoisotopic (exact) mass is 330 g/mol. The van der Waals surface area contributed by atoms with Crippen LogP contribution in [-0.2, 0) is 0 Å². The molecule has 78 valence electrons. The van der Waals surface area contributed by atoms with Crippen molar-refractivity contribution in [3.63, 3.8) is 0 Å². The molecule has 0 spiro atoms. The molecular formula is C11H11IN2S. The fourth-order valence-corrected chi connectivity index (χ4v) is 2.99. The van der Waals surface area contributed by atoms with Crippen LogP contribution in [0, 0.1) is 3.57 Å². The lowest BCUT2D eigenvalue weighted by molar-refractivity contribution is 0.644. The highest BCUT2D eigenvalue weighted by Crippen LogP contribution is 2.28. The summed E-state index contributed by atoms with van der Waals surface area (Å²) in [6.45, 7) is 0. The van der Waals surface area contributed by atoms with Crippen LogP contribution in [0.1, 0.15) is 16.5 Å². The molecule has 1 aromatic carbocycles. The predicted octanol–water partition coefficient (Wildman–Crippen LogP) is 2.91. The van der Waals surface area contributed by atoms with E-state index in [1.807, 2.05) is 18.2 Å². The molecule has 2 nitrogen and oxygen atoms in total. The normalized spacial score (nSPS) is 12.7. The maximum atomic E-state index is 5.62. The van der Waals surface area contributed by atoms with E-state index in [0.29, 0.717) is 0 Å². The molecule has 3 N–H and O–H groups in total. The summed E-state index contributed by atoms with van der Waals surface area (Å²) in [7, 11) is 0. The number of thiophene rings is 1. The minimum atomic E-state index is 0.0955. The summed E-state index contributed by atoms with van der Waals surface area (Å²) in [5, 5.41) is 2.06. The Morgan fingerprint density at radius 3 is 2.60 bits per heavy atom. The second kappa shape index (κ2) is 5.07. The Labute approximate surface area is 107 Å². The fourth-order valence-electron chi connectivity index (χ4n) is 1.49. The van der Waals surface area contributed by atoms with E-state index in [4.69, 9.17) is 5.84 Å². The number of hydrogen-bond donors (Lipinski definition) is 2. The van der Waals surface area contributed by atoms with Crippen molar-refractivity contribution in [2.45, 2.75) is 6.04 Å². The Morgan fingerprint density at radius 2 is 2.00 bits per heavy atom. The first-order valence-corrected chi connectivity index (χ1v) is 6.52. The minimum Gasteiger partial charge on any atom is -0.271 e. The Morgan fingerprint density at radius 1 is 1.20 bits per heavy atom. The Bertz CT molecular complexity index is 428. The van der Waals surface area contributed by atoms with Crippen LogP contribution in [0.5, 0.6) is 0 Å². The smallest absolute Gasteiger partial charge is 0.0812 e. The van der Waals surface area contributed by atoms with Gasteiger partial charge >= 0.3 is 0 Å². The molecule has 0 saturated heterocycles. The number of halogens is 1. The Balaban J connectivity index is 2.40. The lowest BCUT2D eigenvalue weighted by Gasteiger charge is -2.16. The van der Waals surface area contributed by atoms with Gasteiger partial charge in [-0.3, -0.25) is 5.84 Å². The van der Waals surface area contributed by atoms with Gasteiger partial charge in [-0.1, -0.05) is 24.3 Å². The van der Waals surface area contributed by atoms with Gasteiger partial charge in [0.15, 0.2) is 0 Å². The molecule has 1 heterocycles. The van der Waals surface area contributed by atoms with Gasteiger partial charge in [0, 0.05) is 8.45 Å². The quantitative estimate of drug-likeness (QED) is 0.516. The van der Waals surface area contributed by atoms with Crippen LogP contribution in [0.2, 0.25) is 0 Å². The fraction of sp³-hybridized carbons (Fsp3) is 0.0909. The van der Waals surface area contributed by atoms with Crippen LogP contribution in [0.15, 0.2) is 41.8 Å². The van der Waals surface area contributed by atoms with Crippen molar-refractivity contribution in [2.24, 2.45) is 5.84 Å². The molecule has 0 aliphatic heterocycles. The van der Waals surface area contributed by atoms with Crippen LogP contribution in [0.3, 0.4) is 0 Å². The standard InChI is InChI=1S/C11H11IN2S/c12-9-5-2-1-4-8(9)11(14-13)10-6-3-7-15-10/h1-7,11,14H,13H2. The van der Waals surface area contributed by atoms with E-state index in [9.17, 15) is 0 Å². The van der Waals surface area contributed by atoms with Gasteiger partial charge in [0.1, 0.15) is 0 Å².